The Labute approximate surface area is 172 Å². The summed E-state index contributed by atoms with van der Waals surface area (Å²) in [6.45, 7) is 1.90. The summed E-state index contributed by atoms with van der Waals surface area (Å²) in [5, 5.41) is 8.50. The second kappa shape index (κ2) is 7.08. The highest BCUT2D eigenvalue weighted by molar-refractivity contribution is 7.99. The van der Waals surface area contributed by atoms with Crippen LogP contribution in [0, 0.1) is 6.92 Å². The molecule has 29 heavy (non-hydrogen) atoms. The van der Waals surface area contributed by atoms with Crippen LogP contribution < -0.4 is 5.32 Å². The van der Waals surface area contributed by atoms with Crippen molar-refractivity contribution in [2.24, 2.45) is 7.05 Å². The van der Waals surface area contributed by atoms with E-state index in [1.165, 1.54) is 10.5 Å². The molecule has 0 saturated carbocycles. The van der Waals surface area contributed by atoms with E-state index in [0.29, 0.717) is 22.7 Å². The molecule has 5 rings (SSSR count). The lowest BCUT2D eigenvalue weighted by molar-refractivity contribution is 0.0936. The number of nitrogens with one attached hydrogen (secondary N) is 1. The summed E-state index contributed by atoms with van der Waals surface area (Å²) in [5.74, 6) is 1.49. The van der Waals surface area contributed by atoms with Gasteiger partial charge in [-0.2, -0.15) is 5.10 Å². The van der Waals surface area contributed by atoms with E-state index in [0.717, 1.165) is 23.3 Å². The third-order valence-electron chi connectivity index (χ3n) is 5.25. The van der Waals surface area contributed by atoms with Crippen LogP contribution in [-0.2, 0) is 7.05 Å². The number of nitrogens with zero attached hydrogens (tertiary/aromatic N) is 3. The Morgan fingerprint density at radius 1 is 1.28 bits per heavy atom. The molecule has 1 aliphatic rings. The summed E-state index contributed by atoms with van der Waals surface area (Å²) in [7, 11) is 1.84. The molecule has 0 aliphatic carbocycles. The molecule has 0 fully saturated rings. The molecule has 0 spiro atoms. The fourth-order valence-electron chi connectivity index (χ4n) is 3.90. The third kappa shape index (κ3) is 3.11. The van der Waals surface area contributed by atoms with Crippen molar-refractivity contribution < 1.29 is 9.21 Å². The van der Waals surface area contributed by atoms with Crippen LogP contribution >= 0.6 is 11.8 Å². The van der Waals surface area contributed by atoms with Crippen LogP contribution in [0.25, 0.3) is 22.5 Å². The standard InChI is InChI=1S/C22H20N4O2S/c1-13-20-15(12-17(18-7-5-10-28-18)23-21(20)26(2)25-13)22(27)24-16-9-11-29-19-8-4-3-6-14(16)19/h3-8,10,12,16H,9,11H2,1-2H3,(H,24,27). The number of pyridine rings is 1. The van der Waals surface area contributed by atoms with Crippen LogP contribution in [0.1, 0.15) is 34.1 Å². The first-order chi connectivity index (χ1) is 14.1. The van der Waals surface area contributed by atoms with E-state index >= 15 is 0 Å². The number of furan rings is 1. The molecular formula is C22H20N4O2S. The normalized spacial score (nSPS) is 16.0. The zero-order valence-corrected chi connectivity index (χ0v) is 17.0. The summed E-state index contributed by atoms with van der Waals surface area (Å²) in [5.41, 5.74) is 3.82. The molecule has 0 radical (unpaired) electrons. The van der Waals surface area contributed by atoms with Gasteiger partial charge in [-0.3, -0.25) is 9.48 Å². The Morgan fingerprint density at radius 2 is 2.14 bits per heavy atom. The van der Waals surface area contributed by atoms with Crippen molar-refractivity contribution in [3.63, 3.8) is 0 Å². The first kappa shape index (κ1) is 18.0. The summed E-state index contributed by atoms with van der Waals surface area (Å²) in [4.78, 5) is 19.3. The van der Waals surface area contributed by atoms with Crippen molar-refractivity contribution >= 4 is 28.7 Å². The van der Waals surface area contributed by atoms with Crippen molar-refractivity contribution in [3.05, 3.63) is 65.5 Å². The first-order valence-corrected chi connectivity index (χ1v) is 10.5. The largest absolute Gasteiger partial charge is 0.463 e. The number of carbonyl (C=O) groups is 1. The third-order valence-corrected chi connectivity index (χ3v) is 6.37. The van der Waals surface area contributed by atoms with Crippen LogP contribution in [0.2, 0.25) is 0 Å². The van der Waals surface area contributed by atoms with Crippen LogP contribution in [-0.4, -0.2) is 26.4 Å². The highest BCUT2D eigenvalue weighted by Crippen LogP contribution is 2.36. The second-order valence-electron chi connectivity index (χ2n) is 7.14. The molecule has 1 aromatic carbocycles. The number of hydrogen-bond donors (Lipinski definition) is 1. The molecule has 146 valence electrons. The van der Waals surface area contributed by atoms with Crippen LogP contribution in [0.3, 0.4) is 0 Å². The van der Waals surface area contributed by atoms with Gasteiger partial charge >= 0.3 is 0 Å². The Hall–Kier alpha value is -3.06. The van der Waals surface area contributed by atoms with Gasteiger partial charge in [0, 0.05) is 17.7 Å². The molecule has 3 aromatic heterocycles. The number of amides is 1. The van der Waals surface area contributed by atoms with Gasteiger partial charge in [0.2, 0.25) is 0 Å². The smallest absolute Gasteiger partial charge is 0.252 e. The minimum Gasteiger partial charge on any atom is -0.463 e. The van der Waals surface area contributed by atoms with E-state index in [2.05, 4.69) is 27.5 Å². The van der Waals surface area contributed by atoms with Crippen molar-refractivity contribution in [3.8, 4) is 11.5 Å². The molecule has 4 heterocycles. The second-order valence-corrected chi connectivity index (χ2v) is 8.28. The van der Waals surface area contributed by atoms with E-state index in [1.54, 1.807) is 17.0 Å². The SMILES string of the molecule is Cc1nn(C)c2nc(-c3ccco3)cc(C(=O)NC3CCSc4ccccc43)c12. The number of rotatable bonds is 3. The summed E-state index contributed by atoms with van der Waals surface area (Å²) >= 11 is 1.84. The predicted molar refractivity (Wildman–Crippen MR) is 113 cm³/mol. The number of aromatic nitrogens is 3. The molecule has 1 aliphatic heterocycles. The number of carbonyl (C=O) groups excluding carboxylic acids is 1. The highest BCUT2D eigenvalue weighted by atomic mass is 32.2. The maximum Gasteiger partial charge on any atom is 0.252 e. The van der Waals surface area contributed by atoms with Gasteiger partial charge in [0.05, 0.1) is 28.9 Å². The lowest BCUT2D eigenvalue weighted by Gasteiger charge is -2.26. The van der Waals surface area contributed by atoms with Gasteiger partial charge in [-0.05, 0) is 43.2 Å². The zero-order valence-electron chi connectivity index (χ0n) is 16.2. The molecule has 4 aromatic rings. The van der Waals surface area contributed by atoms with Crippen molar-refractivity contribution in [1.82, 2.24) is 20.1 Å². The summed E-state index contributed by atoms with van der Waals surface area (Å²) < 4.78 is 7.23. The quantitative estimate of drug-likeness (QED) is 0.544. The van der Waals surface area contributed by atoms with Gasteiger partial charge in [0.25, 0.3) is 5.91 Å². The van der Waals surface area contributed by atoms with E-state index in [4.69, 9.17) is 4.42 Å². The van der Waals surface area contributed by atoms with Gasteiger partial charge in [-0.25, -0.2) is 4.98 Å². The Morgan fingerprint density at radius 3 is 2.97 bits per heavy atom. The Balaban J connectivity index is 1.58. The Bertz CT molecular complexity index is 1210. The number of thioether (sulfide) groups is 1. The summed E-state index contributed by atoms with van der Waals surface area (Å²) in [6.07, 6.45) is 2.50. The molecule has 1 amide bonds. The highest BCUT2D eigenvalue weighted by Gasteiger charge is 2.25. The van der Waals surface area contributed by atoms with Crippen LogP contribution in [0.15, 0.2) is 58.0 Å². The molecule has 1 unspecified atom stereocenters. The Kier molecular flexibility index (Phi) is 4.39. The lowest BCUT2D eigenvalue weighted by atomic mass is 10.0. The van der Waals surface area contributed by atoms with E-state index < -0.39 is 0 Å². The van der Waals surface area contributed by atoms with Crippen LogP contribution in [0.5, 0.6) is 0 Å². The zero-order chi connectivity index (χ0) is 20.0. The van der Waals surface area contributed by atoms with Crippen molar-refractivity contribution in [2.45, 2.75) is 24.3 Å². The van der Waals surface area contributed by atoms with Crippen molar-refractivity contribution in [2.75, 3.05) is 5.75 Å². The monoisotopic (exact) mass is 404 g/mol. The molecule has 1 N–H and O–H groups in total. The average Bonchev–Trinajstić information content (AvgIpc) is 3.36. The van der Waals surface area contributed by atoms with Crippen LogP contribution in [0.4, 0.5) is 0 Å². The number of hydrogen-bond acceptors (Lipinski definition) is 5. The molecule has 0 saturated heterocycles. The summed E-state index contributed by atoms with van der Waals surface area (Å²) in [6, 6.07) is 13.7. The molecule has 0 bridgehead atoms. The lowest BCUT2D eigenvalue weighted by Crippen LogP contribution is -2.31. The molecule has 1 atom stereocenters. The molecular weight excluding hydrogens is 384 g/mol. The average molecular weight is 404 g/mol. The van der Waals surface area contributed by atoms with Gasteiger partial charge in [-0.15, -0.1) is 11.8 Å². The number of fused-ring (bicyclic) bond motifs is 2. The van der Waals surface area contributed by atoms with Gasteiger partial charge in [0.1, 0.15) is 5.69 Å². The van der Waals surface area contributed by atoms with Crippen molar-refractivity contribution in [1.29, 1.82) is 0 Å². The number of aryl methyl sites for hydroxylation is 2. The van der Waals surface area contributed by atoms with Gasteiger partial charge < -0.3 is 9.73 Å². The topological polar surface area (TPSA) is 73.0 Å². The van der Waals surface area contributed by atoms with Gasteiger partial charge in [0.15, 0.2) is 11.4 Å². The van der Waals surface area contributed by atoms with E-state index in [1.807, 2.05) is 50.0 Å². The fraction of sp³-hybridized carbons (Fsp3) is 0.227. The maximum absolute atomic E-state index is 13.4. The molecule has 6 nitrogen and oxygen atoms in total. The minimum absolute atomic E-state index is 0.00722. The molecule has 7 heteroatoms. The first-order valence-electron chi connectivity index (χ1n) is 9.52. The minimum atomic E-state index is -0.118. The van der Waals surface area contributed by atoms with E-state index in [-0.39, 0.29) is 11.9 Å². The van der Waals surface area contributed by atoms with Gasteiger partial charge in [-0.1, -0.05) is 18.2 Å². The van der Waals surface area contributed by atoms with E-state index in [9.17, 15) is 4.79 Å². The number of benzene rings is 1. The maximum atomic E-state index is 13.4. The predicted octanol–water partition coefficient (Wildman–Crippen LogP) is 4.50. The fourth-order valence-corrected chi connectivity index (χ4v) is 5.03.